The van der Waals surface area contributed by atoms with Gasteiger partial charge in [-0.05, 0) is 29.3 Å². The topological polar surface area (TPSA) is 49.3 Å². The second kappa shape index (κ2) is 7.11. The largest absolute Gasteiger partial charge is 0.478 e. The van der Waals surface area contributed by atoms with Gasteiger partial charge in [-0.1, -0.05) is 49.7 Å². The molecule has 0 radical (unpaired) electrons. The standard InChI is InChI=1S/C18H19ClFNO2/c1-18(2,14-4-3-5-15(19)16(14)20)11-21-10-12-6-8-13(9-7-12)17(22)23/h3-9,21H,10-11H2,1-2H3,(H,22,23). The summed E-state index contributed by atoms with van der Waals surface area (Å²) in [5, 5.41) is 12.3. The Labute approximate surface area is 140 Å². The van der Waals surface area contributed by atoms with Gasteiger partial charge in [-0.3, -0.25) is 0 Å². The minimum atomic E-state index is -0.943. The van der Waals surface area contributed by atoms with Crippen molar-refractivity contribution in [3.8, 4) is 0 Å². The first-order valence-electron chi connectivity index (χ1n) is 7.29. The van der Waals surface area contributed by atoms with Gasteiger partial charge < -0.3 is 10.4 Å². The summed E-state index contributed by atoms with van der Waals surface area (Å²) in [6, 6.07) is 11.7. The number of carboxylic acids is 1. The second-order valence-electron chi connectivity index (χ2n) is 6.09. The number of rotatable bonds is 6. The van der Waals surface area contributed by atoms with Crippen LogP contribution in [-0.4, -0.2) is 17.6 Å². The summed E-state index contributed by atoms with van der Waals surface area (Å²) in [4.78, 5) is 10.8. The summed E-state index contributed by atoms with van der Waals surface area (Å²) in [5.41, 5.74) is 1.38. The van der Waals surface area contributed by atoms with Gasteiger partial charge in [-0.15, -0.1) is 0 Å². The van der Waals surface area contributed by atoms with Crippen molar-refractivity contribution in [1.29, 1.82) is 0 Å². The highest BCUT2D eigenvalue weighted by Crippen LogP contribution is 2.29. The molecule has 0 heterocycles. The van der Waals surface area contributed by atoms with E-state index in [2.05, 4.69) is 5.32 Å². The van der Waals surface area contributed by atoms with Gasteiger partial charge in [0.25, 0.3) is 0 Å². The lowest BCUT2D eigenvalue weighted by Crippen LogP contribution is -2.33. The second-order valence-corrected chi connectivity index (χ2v) is 6.50. The maximum absolute atomic E-state index is 14.2. The molecular weight excluding hydrogens is 317 g/mol. The Kier molecular flexibility index (Phi) is 5.39. The number of nitrogens with one attached hydrogen (secondary N) is 1. The van der Waals surface area contributed by atoms with Crippen molar-refractivity contribution < 1.29 is 14.3 Å². The number of hydrogen-bond donors (Lipinski definition) is 2. The zero-order chi connectivity index (χ0) is 17.0. The molecule has 0 aliphatic carbocycles. The maximum Gasteiger partial charge on any atom is 0.335 e. The van der Waals surface area contributed by atoms with E-state index in [0.717, 1.165) is 5.56 Å². The minimum absolute atomic E-state index is 0.125. The third-order valence-corrected chi connectivity index (χ3v) is 4.07. The van der Waals surface area contributed by atoms with E-state index in [0.29, 0.717) is 18.7 Å². The fraction of sp³-hybridized carbons (Fsp3) is 0.278. The van der Waals surface area contributed by atoms with Crippen LogP contribution < -0.4 is 5.32 Å². The molecule has 2 aromatic rings. The van der Waals surface area contributed by atoms with Crippen molar-refractivity contribution in [2.24, 2.45) is 0 Å². The van der Waals surface area contributed by atoms with Gasteiger partial charge in [0, 0.05) is 18.5 Å². The molecule has 0 atom stereocenters. The lowest BCUT2D eigenvalue weighted by molar-refractivity contribution is 0.0697. The monoisotopic (exact) mass is 335 g/mol. The Morgan fingerprint density at radius 1 is 1.22 bits per heavy atom. The average Bonchev–Trinajstić information content (AvgIpc) is 2.50. The Morgan fingerprint density at radius 2 is 1.87 bits per heavy atom. The van der Waals surface area contributed by atoms with E-state index in [-0.39, 0.29) is 16.4 Å². The predicted octanol–water partition coefficient (Wildman–Crippen LogP) is 4.24. The van der Waals surface area contributed by atoms with Crippen molar-refractivity contribution in [2.45, 2.75) is 25.8 Å². The molecule has 2 N–H and O–H groups in total. The summed E-state index contributed by atoms with van der Waals surface area (Å²) in [6.07, 6.45) is 0. The number of carboxylic acid groups (broad SMARTS) is 1. The molecule has 122 valence electrons. The van der Waals surface area contributed by atoms with Crippen molar-refractivity contribution >= 4 is 17.6 Å². The lowest BCUT2D eigenvalue weighted by Gasteiger charge is -2.26. The van der Waals surface area contributed by atoms with Gasteiger partial charge >= 0.3 is 5.97 Å². The normalized spacial score (nSPS) is 11.5. The lowest BCUT2D eigenvalue weighted by atomic mass is 9.84. The van der Waals surface area contributed by atoms with Crippen LogP contribution in [0.5, 0.6) is 0 Å². The molecule has 0 saturated carbocycles. The van der Waals surface area contributed by atoms with Gasteiger partial charge in [-0.25, -0.2) is 9.18 Å². The van der Waals surface area contributed by atoms with Crippen LogP contribution in [0.15, 0.2) is 42.5 Å². The molecule has 2 rings (SSSR count). The van der Waals surface area contributed by atoms with Gasteiger partial charge in [0.05, 0.1) is 10.6 Å². The first kappa shape index (κ1) is 17.4. The molecule has 0 amide bonds. The van der Waals surface area contributed by atoms with Crippen LogP contribution in [0.25, 0.3) is 0 Å². The third kappa shape index (κ3) is 4.30. The molecule has 0 aliphatic heterocycles. The van der Waals surface area contributed by atoms with E-state index in [9.17, 15) is 9.18 Å². The third-order valence-electron chi connectivity index (χ3n) is 3.78. The van der Waals surface area contributed by atoms with E-state index in [1.54, 1.807) is 36.4 Å². The highest BCUT2D eigenvalue weighted by Gasteiger charge is 2.24. The Morgan fingerprint density at radius 3 is 2.48 bits per heavy atom. The number of hydrogen-bond acceptors (Lipinski definition) is 2. The summed E-state index contributed by atoms with van der Waals surface area (Å²) in [5.74, 6) is -1.33. The van der Waals surface area contributed by atoms with E-state index in [1.807, 2.05) is 13.8 Å². The van der Waals surface area contributed by atoms with Crippen LogP contribution in [-0.2, 0) is 12.0 Å². The van der Waals surface area contributed by atoms with Crippen LogP contribution in [0.2, 0.25) is 5.02 Å². The van der Waals surface area contributed by atoms with Crippen LogP contribution >= 0.6 is 11.6 Å². The van der Waals surface area contributed by atoms with Crippen LogP contribution in [0, 0.1) is 5.82 Å². The van der Waals surface area contributed by atoms with Crippen LogP contribution in [0.3, 0.4) is 0 Å². The van der Waals surface area contributed by atoms with E-state index < -0.39 is 11.4 Å². The van der Waals surface area contributed by atoms with Gasteiger partial charge in [0.15, 0.2) is 0 Å². The fourth-order valence-corrected chi connectivity index (χ4v) is 2.58. The van der Waals surface area contributed by atoms with Crippen molar-refractivity contribution in [3.63, 3.8) is 0 Å². The quantitative estimate of drug-likeness (QED) is 0.830. The number of benzene rings is 2. The Hall–Kier alpha value is -1.91. The summed E-state index contributed by atoms with van der Waals surface area (Å²) in [6.45, 7) is 5.03. The van der Waals surface area contributed by atoms with Gasteiger partial charge in [0.1, 0.15) is 5.82 Å². The first-order valence-corrected chi connectivity index (χ1v) is 7.66. The molecular formula is C18H19ClFNO2. The molecule has 0 fully saturated rings. The summed E-state index contributed by atoms with van der Waals surface area (Å²) < 4.78 is 14.2. The summed E-state index contributed by atoms with van der Waals surface area (Å²) in [7, 11) is 0. The molecule has 5 heteroatoms. The van der Waals surface area contributed by atoms with Crippen molar-refractivity contribution in [1.82, 2.24) is 5.32 Å². The maximum atomic E-state index is 14.2. The molecule has 0 saturated heterocycles. The zero-order valence-corrected chi connectivity index (χ0v) is 13.8. The highest BCUT2D eigenvalue weighted by molar-refractivity contribution is 6.30. The predicted molar refractivity (Wildman–Crippen MR) is 89.5 cm³/mol. The SMILES string of the molecule is CC(C)(CNCc1ccc(C(=O)O)cc1)c1cccc(Cl)c1F. The molecule has 2 aromatic carbocycles. The molecule has 0 bridgehead atoms. The smallest absolute Gasteiger partial charge is 0.335 e. The van der Waals surface area contributed by atoms with E-state index in [1.165, 1.54) is 6.07 Å². The van der Waals surface area contributed by atoms with E-state index in [4.69, 9.17) is 16.7 Å². The molecule has 0 spiro atoms. The molecule has 23 heavy (non-hydrogen) atoms. The Bertz CT molecular complexity index is 699. The molecule has 0 aromatic heterocycles. The Balaban J connectivity index is 1.99. The molecule has 0 aliphatic rings. The first-order chi connectivity index (χ1) is 10.8. The van der Waals surface area contributed by atoms with Gasteiger partial charge in [0.2, 0.25) is 0 Å². The fourth-order valence-electron chi connectivity index (χ4n) is 2.41. The van der Waals surface area contributed by atoms with Crippen molar-refractivity contribution in [2.75, 3.05) is 6.54 Å². The highest BCUT2D eigenvalue weighted by atomic mass is 35.5. The molecule has 3 nitrogen and oxygen atoms in total. The average molecular weight is 336 g/mol. The van der Waals surface area contributed by atoms with Crippen LogP contribution in [0.1, 0.15) is 35.3 Å². The van der Waals surface area contributed by atoms with Gasteiger partial charge in [-0.2, -0.15) is 0 Å². The summed E-state index contributed by atoms with van der Waals surface area (Å²) >= 11 is 5.85. The van der Waals surface area contributed by atoms with E-state index >= 15 is 0 Å². The number of aromatic carboxylic acids is 1. The molecule has 0 unspecified atom stereocenters. The van der Waals surface area contributed by atoms with Crippen molar-refractivity contribution in [3.05, 3.63) is 70.0 Å². The number of halogens is 2. The number of carbonyl (C=O) groups is 1. The minimum Gasteiger partial charge on any atom is -0.478 e. The van der Waals surface area contributed by atoms with Crippen LogP contribution in [0.4, 0.5) is 4.39 Å². The zero-order valence-electron chi connectivity index (χ0n) is 13.1.